The number of hydrogen-bond acceptors (Lipinski definition) is 5. The first kappa shape index (κ1) is 16.7. The van der Waals surface area contributed by atoms with E-state index in [4.69, 9.17) is 0 Å². The fourth-order valence-electron chi connectivity index (χ4n) is 3.54. The molecule has 0 amide bonds. The van der Waals surface area contributed by atoms with Gasteiger partial charge in [0.05, 0.1) is 11.8 Å². The predicted octanol–water partition coefficient (Wildman–Crippen LogP) is 3.21. The molecule has 8 heteroatoms. The third-order valence-electron chi connectivity index (χ3n) is 4.78. The van der Waals surface area contributed by atoms with Gasteiger partial charge in [0, 0.05) is 21.8 Å². The molecule has 0 saturated heterocycles. The molecule has 0 fully saturated rings. The van der Waals surface area contributed by atoms with E-state index in [-0.39, 0.29) is 0 Å². The lowest BCUT2D eigenvalue weighted by Gasteiger charge is -2.11. The van der Waals surface area contributed by atoms with Gasteiger partial charge in [0.25, 0.3) is 0 Å². The van der Waals surface area contributed by atoms with Gasteiger partial charge >= 0.3 is 5.97 Å². The number of fused-ring (bicyclic) bond motifs is 1. The van der Waals surface area contributed by atoms with Gasteiger partial charge in [-0.15, -0.1) is 21.5 Å². The zero-order chi connectivity index (χ0) is 18.3. The summed E-state index contributed by atoms with van der Waals surface area (Å²) in [7, 11) is 0. The lowest BCUT2D eigenvalue weighted by Crippen LogP contribution is -2.09. The molecule has 26 heavy (non-hydrogen) atoms. The summed E-state index contributed by atoms with van der Waals surface area (Å²) in [5, 5.41) is 22.4. The summed E-state index contributed by atoms with van der Waals surface area (Å²) in [6.45, 7) is 3.98. The highest BCUT2D eigenvalue weighted by molar-refractivity contribution is 7.15. The van der Waals surface area contributed by atoms with Crippen LogP contribution in [0.1, 0.15) is 50.6 Å². The van der Waals surface area contributed by atoms with Crippen molar-refractivity contribution in [2.75, 3.05) is 0 Å². The zero-order valence-corrected chi connectivity index (χ0v) is 15.5. The molecule has 0 atom stereocenters. The van der Waals surface area contributed by atoms with Crippen LogP contribution in [0.4, 0.5) is 0 Å². The standard InChI is InChI=1S/C18H19N5O2S/c1-11-7-13(8-21-22-9-19-20-10-22)12(2)23(11)17-16(18(24)25)14-5-3-4-6-15(14)26-17/h7-10H,3-6H2,1-2H3,(H,24,25)/b21-8+. The fourth-order valence-corrected chi connectivity index (χ4v) is 5.04. The van der Waals surface area contributed by atoms with E-state index in [9.17, 15) is 9.90 Å². The molecule has 1 aliphatic carbocycles. The number of aromatic nitrogens is 4. The molecular weight excluding hydrogens is 350 g/mol. The Balaban J connectivity index is 1.82. The van der Waals surface area contributed by atoms with E-state index < -0.39 is 5.97 Å². The topological polar surface area (TPSA) is 85.3 Å². The molecule has 1 aliphatic rings. The van der Waals surface area contributed by atoms with Crippen LogP contribution in [0, 0.1) is 13.8 Å². The quantitative estimate of drug-likeness (QED) is 0.716. The van der Waals surface area contributed by atoms with Crippen molar-refractivity contribution in [2.24, 2.45) is 5.10 Å². The minimum absolute atomic E-state index is 0.466. The summed E-state index contributed by atoms with van der Waals surface area (Å²) >= 11 is 1.61. The normalized spacial score (nSPS) is 14.1. The van der Waals surface area contributed by atoms with Gasteiger partial charge in [-0.05, 0) is 51.2 Å². The molecule has 4 rings (SSSR count). The van der Waals surface area contributed by atoms with Crippen molar-refractivity contribution in [1.29, 1.82) is 0 Å². The molecule has 0 saturated carbocycles. The van der Waals surface area contributed by atoms with Crippen LogP contribution in [0.15, 0.2) is 23.8 Å². The van der Waals surface area contributed by atoms with Crippen LogP contribution >= 0.6 is 11.3 Å². The van der Waals surface area contributed by atoms with Gasteiger partial charge in [-0.1, -0.05) is 0 Å². The number of aromatic carboxylic acids is 1. The third kappa shape index (κ3) is 2.76. The van der Waals surface area contributed by atoms with Crippen molar-refractivity contribution >= 4 is 23.5 Å². The third-order valence-corrected chi connectivity index (χ3v) is 6.05. The Labute approximate surface area is 154 Å². The molecule has 0 radical (unpaired) electrons. The van der Waals surface area contributed by atoms with Crippen LogP contribution in [0.2, 0.25) is 0 Å². The first-order valence-electron chi connectivity index (χ1n) is 8.52. The van der Waals surface area contributed by atoms with Gasteiger partial charge in [-0.2, -0.15) is 5.10 Å². The van der Waals surface area contributed by atoms with E-state index in [2.05, 4.69) is 15.3 Å². The Hall–Kier alpha value is -2.74. The Bertz CT molecular complexity index is 998. The van der Waals surface area contributed by atoms with Crippen LogP contribution in [0.5, 0.6) is 0 Å². The summed E-state index contributed by atoms with van der Waals surface area (Å²) in [5.41, 5.74) is 4.40. The molecule has 0 aromatic carbocycles. The Morgan fingerprint density at radius 1 is 1.27 bits per heavy atom. The monoisotopic (exact) mass is 369 g/mol. The average molecular weight is 369 g/mol. The largest absolute Gasteiger partial charge is 0.478 e. The smallest absolute Gasteiger partial charge is 0.339 e. The van der Waals surface area contributed by atoms with Gasteiger partial charge in [-0.25, -0.2) is 9.47 Å². The highest BCUT2D eigenvalue weighted by Gasteiger charge is 2.27. The zero-order valence-electron chi connectivity index (χ0n) is 14.6. The molecule has 3 heterocycles. The second kappa shape index (κ2) is 6.53. The Morgan fingerprint density at radius 3 is 2.73 bits per heavy atom. The second-order valence-corrected chi connectivity index (χ2v) is 7.53. The van der Waals surface area contributed by atoms with Crippen molar-refractivity contribution in [3.8, 4) is 5.00 Å². The predicted molar refractivity (Wildman–Crippen MR) is 99.7 cm³/mol. The number of carboxylic acid groups (broad SMARTS) is 1. The van der Waals surface area contributed by atoms with Crippen LogP contribution < -0.4 is 0 Å². The average Bonchev–Trinajstić information content (AvgIpc) is 3.30. The van der Waals surface area contributed by atoms with Crippen molar-refractivity contribution in [3.05, 3.63) is 51.7 Å². The maximum Gasteiger partial charge on any atom is 0.339 e. The molecule has 3 aromatic heterocycles. The highest BCUT2D eigenvalue weighted by atomic mass is 32.1. The maximum atomic E-state index is 12.0. The number of thiophene rings is 1. The molecule has 0 unspecified atom stereocenters. The highest BCUT2D eigenvalue weighted by Crippen LogP contribution is 2.38. The first-order valence-corrected chi connectivity index (χ1v) is 9.34. The molecule has 0 spiro atoms. The number of carbonyl (C=O) groups is 1. The van der Waals surface area contributed by atoms with Crippen LogP contribution in [0.25, 0.3) is 5.00 Å². The summed E-state index contributed by atoms with van der Waals surface area (Å²) in [5.74, 6) is -0.841. The van der Waals surface area contributed by atoms with Crippen LogP contribution in [0.3, 0.4) is 0 Å². The van der Waals surface area contributed by atoms with Crippen LogP contribution in [-0.4, -0.2) is 36.7 Å². The summed E-state index contributed by atoms with van der Waals surface area (Å²) in [4.78, 5) is 13.2. The van der Waals surface area contributed by atoms with Crippen molar-refractivity contribution in [3.63, 3.8) is 0 Å². The number of carboxylic acids is 1. The van der Waals surface area contributed by atoms with E-state index >= 15 is 0 Å². The van der Waals surface area contributed by atoms with Gasteiger partial charge < -0.3 is 9.67 Å². The summed E-state index contributed by atoms with van der Waals surface area (Å²) in [6.07, 6.45) is 8.81. The first-order chi connectivity index (χ1) is 12.6. The van der Waals surface area contributed by atoms with E-state index in [1.165, 1.54) is 22.2 Å². The minimum Gasteiger partial charge on any atom is -0.478 e. The molecule has 0 bridgehead atoms. The molecule has 134 valence electrons. The van der Waals surface area contributed by atoms with E-state index in [0.29, 0.717) is 5.56 Å². The number of nitrogens with zero attached hydrogens (tertiary/aromatic N) is 5. The van der Waals surface area contributed by atoms with Gasteiger partial charge in [0.15, 0.2) is 0 Å². The van der Waals surface area contributed by atoms with Crippen molar-refractivity contribution in [2.45, 2.75) is 39.5 Å². The Kier molecular flexibility index (Phi) is 4.20. The van der Waals surface area contributed by atoms with Gasteiger partial charge in [0.2, 0.25) is 0 Å². The number of rotatable bonds is 4. The SMILES string of the molecule is Cc1cc(/C=N/n2cnnc2)c(C)n1-c1sc2c(c1C(=O)O)CCCC2. The lowest BCUT2D eigenvalue weighted by atomic mass is 9.95. The molecule has 7 nitrogen and oxygen atoms in total. The molecule has 3 aromatic rings. The maximum absolute atomic E-state index is 12.0. The number of aryl methyl sites for hydroxylation is 2. The van der Waals surface area contributed by atoms with Gasteiger partial charge in [0.1, 0.15) is 17.7 Å². The second-order valence-electron chi connectivity index (χ2n) is 6.44. The fraction of sp³-hybridized carbons (Fsp3) is 0.333. The minimum atomic E-state index is -0.841. The van der Waals surface area contributed by atoms with Gasteiger partial charge in [-0.3, -0.25) is 0 Å². The number of hydrogen-bond donors (Lipinski definition) is 1. The van der Waals surface area contributed by atoms with Crippen LogP contribution in [-0.2, 0) is 12.8 Å². The summed E-state index contributed by atoms with van der Waals surface area (Å²) in [6, 6.07) is 2.02. The molecular formula is C18H19N5O2S. The van der Waals surface area contributed by atoms with E-state index in [1.54, 1.807) is 17.6 Å². The van der Waals surface area contributed by atoms with E-state index in [0.717, 1.165) is 53.2 Å². The lowest BCUT2D eigenvalue weighted by molar-refractivity contribution is 0.0696. The summed E-state index contributed by atoms with van der Waals surface area (Å²) < 4.78 is 3.57. The molecule has 0 aliphatic heterocycles. The molecule has 1 N–H and O–H groups in total. The van der Waals surface area contributed by atoms with E-state index in [1.807, 2.05) is 24.5 Å². The van der Waals surface area contributed by atoms with Crippen molar-refractivity contribution in [1.82, 2.24) is 19.4 Å². The Morgan fingerprint density at radius 2 is 2.00 bits per heavy atom. The van der Waals surface area contributed by atoms with Crippen molar-refractivity contribution < 1.29 is 9.90 Å².